The molecule has 0 spiro atoms. The average Bonchev–Trinajstić information content (AvgIpc) is 2.57. The van der Waals surface area contributed by atoms with E-state index >= 15 is 0 Å². The summed E-state index contributed by atoms with van der Waals surface area (Å²) in [6.45, 7) is 4.61. The second-order valence-electron chi connectivity index (χ2n) is 5.42. The fourth-order valence-corrected chi connectivity index (χ4v) is 2.48. The van der Waals surface area contributed by atoms with Gasteiger partial charge in [0.25, 0.3) is 0 Å². The molecule has 3 rings (SSSR count). The van der Waals surface area contributed by atoms with Crippen molar-refractivity contribution in [2.24, 2.45) is 0 Å². The summed E-state index contributed by atoms with van der Waals surface area (Å²) in [5.74, 6) is 1.23. The lowest BCUT2D eigenvalue weighted by atomic mass is 10.2. The van der Waals surface area contributed by atoms with Crippen molar-refractivity contribution >= 4 is 45.8 Å². The van der Waals surface area contributed by atoms with Gasteiger partial charge in [-0.25, -0.2) is 15.0 Å². The Kier molecular flexibility index (Phi) is 4.90. The van der Waals surface area contributed by atoms with Crippen LogP contribution in [0.15, 0.2) is 36.5 Å². The molecule has 0 bridgehead atoms. The molecule has 4 N–H and O–H groups in total. The van der Waals surface area contributed by atoms with Gasteiger partial charge in [-0.1, -0.05) is 6.07 Å². The van der Waals surface area contributed by atoms with Crippen molar-refractivity contribution in [3.63, 3.8) is 0 Å². The molecule has 0 unspecified atom stereocenters. The van der Waals surface area contributed by atoms with E-state index in [2.05, 4.69) is 30.9 Å². The number of hydrogen-bond acceptors (Lipinski definition) is 6. The number of aromatic nitrogens is 3. The van der Waals surface area contributed by atoms with Crippen LogP contribution in [0.2, 0.25) is 0 Å². The normalized spacial score (nSPS) is 10.5. The van der Waals surface area contributed by atoms with Crippen LogP contribution < -0.4 is 16.0 Å². The van der Waals surface area contributed by atoms with Crippen LogP contribution in [0.25, 0.3) is 11.2 Å². The number of aromatic hydroxyl groups is 1. The maximum atomic E-state index is 10.0. The zero-order valence-electron chi connectivity index (χ0n) is 13.9. The molecule has 0 aliphatic rings. The van der Waals surface area contributed by atoms with Crippen molar-refractivity contribution in [1.29, 1.82) is 0 Å². The molecule has 128 valence electrons. The maximum Gasteiger partial charge on any atom is 0.182 e. The lowest BCUT2D eigenvalue weighted by Crippen LogP contribution is -2.28. The van der Waals surface area contributed by atoms with Gasteiger partial charge in [-0.15, -0.1) is 0 Å². The van der Waals surface area contributed by atoms with Gasteiger partial charge in [-0.3, -0.25) is 0 Å². The molecule has 0 saturated heterocycles. The Balaban J connectivity index is 1.86. The van der Waals surface area contributed by atoms with Gasteiger partial charge in [0.2, 0.25) is 0 Å². The number of hydrogen-bond donors (Lipinski definition) is 4. The van der Waals surface area contributed by atoms with E-state index < -0.39 is 0 Å². The van der Waals surface area contributed by atoms with Crippen LogP contribution >= 0.6 is 12.2 Å². The largest absolute Gasteiger partial charge is 0.506 e. The van der Waals surface area contributed by atoms with Gasteiger partial charge in [-0.05, 0) is 55.9 Å². The Morgan fingerprint density at radius 3 is 2.72 bits per heavy atom. The van der Waals surface area contributed by atoms with E-state index in [1.165, 1.54) is 0 Å². The summed E-state index contributed by atoms with van der Waals surface area (Å²) < 4.78 is 0. The van der Waals surface area contributed by atoms with Crippen LogP contribution in [0.5, 0.6) is 5.75 Å². The number of phenols is 1. The third-order valence-electron chi connectivity index (χ3n) is 3.40. The molecule has 0 amide bonds. The molecule has 0 saturated carbocycles. The second-order valence-corrected chi connectivity index (χ2v) is 5.83. The summed E-state index contributed by atoms with van der Waals surface area (Å²) in [6, 6.07) is 8.98. The van der Waals surface area contributed by atoms with Crippen LogP contribution in [0.1, 0.15) is 12.5 Å². The molecule has 1 aromatic carbocycles. The van der Waals surface area contributed by atoms with Crippen molar-refractivity contribution in [2.45, 2.75) is 13.8 Å². The fraction of sp³-hybridized carbons (Fsp3) is 0.176. The Bertz CT molecular complexity index is 930. The van der Waals surface area contributed by atoms with E-state index in [1.807, 2.05) is 26.0 Å². The van der Waals surface area contributed by atoms with Crippen molar-refractivity contribution in [1.82, 2.24) is 20.3 Å². The highest BCUT2D eigenvalue weighted by atomic mass is 32.1. The number of nitrogens with one attached hydrogen (secondary N) is 3. The SMILES string of the molecule is CCNC(=S)Nc1ccc2ncc(Nc3ccc(C)cc3O)nc2n1. The summed E-state index contributed by atoms with van der Waals surface area (Å²) in [5.41, 5.74) is 2.67. The van der Waals surface area contributed by atoms with E-state index in [4.69, 9.17) is 12.2 Å². The van der Waals surface area contributed by atoms with Crippen LogP contribution in [0.4, 0.5) is 17.3 Å². The second kappa shape index (κ2) is 7.27. The monoisotopic (exact) mass is 354 g/mol. The molecule has 25 heavy (non-hydrogen) atoms. The number of aryl methyl sites for hydroxylation is 1. The molecule has 8 heteroatoms. The van der Waals surface area contributed by atoms with Gasteiger partial charge in [0.05, 0.1) is 11.9 Å². The first-order valence-electron chi connectivity index (χ1n) is 7.80. The predicted octanol–water partition coefficient (Wildman–Crippen LogP) is 3.09. The number of fused-ring (bicyclic) bond motifs is 1. The quantitative estimate of drug-likeness (QED) is 0.419. The summed E-state index contributed by atoms with van der Waals surface area (Å²) in [4.78, 5) is 13.2. The van der Waals surface area contributed by atoms with Gasteiger partial charge in [0, 0.05) is 6.54 Å². The average molecular weight is 354 g/mol. The smallest absolute Gasteiger partial charge is 0.182 e. The number of rotatable bonds is 4. The first-order chi connectivity index (χ1) is 12.0. The number of thiocarbonyl (C=S) groups is 1. The molecule has 0 aliphatic carbocycles. The number of nitrogens with zero attached hydrogens (tertiary/aromatic N) is 3. The summed E-state index contributed by atoms with van der Waals surface area (Å²) >= 11 is 5.16. The van der Waals surface area contributed by atoms with Gasteiger partial charge < -0.3 is 21.1 Å². The molecule has 2 aromatic heterocycles. The molecule has 2 heterocycles. The fourth-order valence-electron chi connectivity index (χ4n) is 2.23. The van der Waals surface area contributed by atoms with E-state index in [9.17, 15) is 5.11 Å². The molecule has 7 nitrogen and oxygen atoms in total. The predicted molar refractivity (Wildman–Crippen MR) is 103 cm³/mol. The lowest BCUT2D eigenvalue weighted by molar-refractivity contribution is 0.477. The molecular weight excluding hydrogens is 336 g/mol. The number of anilines is 3. The van der Waals surface area contributed by atoms with Gasteiger partial charge in [0.15, 0.2) is 16.6 Å². The molecule has 0 fully saturated rings. The van der Waals surface area contributed by atoms with E-state index in [1.54, 1.807) is 24.4 Å². The standard InChI is InChI=1S/C17H18N6OS/c1-3-18-17(25)23-14-7-6-12-16(21-14)22-15(9-19-12)20-11-5-4-10(2)8-13(11)24/h4-9,24H,3H2,1-2H3,(H3,18,20,21,22,23,25). The van der Waals surface area contributed by atoms with E-state index in [-0.39, 0.29) is 5.75 Å². The Morgan fingerprint density at radius 1 is 1.16 bits per heavy atom. The zero-order valence-corrected chi connectivity index (χ0v) is 14.7. The first-order valence-corrected chi connectivity index (χ1v) is 8.21. The van der Waals surface area contributed by atoms with Gasteiger partial charge in [-0.2, -0.15) is 0 Å². The number of pyridine rings is 1. The van der Waals surface area contributed by atoms with Crippen molar-refractivity contribution in [3.05, 3.63) is 42.1 Å². The van der Waals surface area contributed by atoms with Crippen LogP contribution in [-0.2, 0) is 0 Å². The Morgan fingerprint density at radius 2 is 1.96 bits per heavy atom. The third-order valence-corrected chi connectivity index (χ3v) is 3.65. The maximum absolute atomic E-state index is 10.0. The molecular formula is C17H18N6OS. The van der Waals surface area contributed by atoms with E-state index in [0.717, 1.165) is 12.1 Å². The molecule has 0 radical (unpaired) electrons. The summed E-state index contributed by atoms with van der Waals surface area (Å²) in [7, 11) is 0. The summed E-state index contributed by atoms with van der Waals surface area (Å²) in [5, 5.41) is 19.6. The lowest BCUT2D eigenvalue weighted by Gasteiger charge is -2.10. The first kappa shape index (κ1) is 16.8. The minimum absolute atomic E-state index is 0.154. The van der Waals surface area contributed by atoms with Crippen LogP contribution in [0.3, 0.4) is 0 Å². The van der Waals surface area contributed by atoms with Crippen molar-refractivity contribution < 1.29 is 5.11 Å². The van der Waals surface area contributed by atoms with Gasteiger partial charge >= 0.3 is 0 Å². The third kappa shape index (κ3) is 4.10. The Hall–Kier alpha value is -3.00. The minimum Gasteiger partial charge on any atom is -0.506 e. The Labute approximate surface area is 150 Å². The highest BCUT2D eigenvalue weighted by Gasteiger charge is 2.07. The van der Waals surface area contributed by atoms with Crippen LogP contribution in [0, 0.1) is 6.92 Å². The number of phenolic OH excluding ortho intramolecular Hbond substituents is 1. The molecule has 3 aromatic rings. The van der Waals surface area contributed by atoms with E-state index in [0.29, 0.717) is 33.6 Å². The topological polar surface area (TPSA) is 95.0 Å². The number of benzene rings is 1. The van der Waals surface area contributed by atoms with Crippen molar-refractivity contribution in [2.75, 3.05) is 17.2 Å². The highest BCUT2D eigenvalue weighted by Crippen LogP contribution is 2.27. The van der Waals surface area contributed by atoms with Gasteiger partial charge in [0.1, 0.15) is 17.1 Å². The summed E-state index contributed by atoms with van der Waals surface area (Å²) in [6.07, 6.45) is 1.60. The zero-order chi connectivity index (χ0) is 17.8. The van der Waals surface area contributed by atoms with Crippen LogP contribution in [-0.4, -0.2) is 31.7 Å². The molecule has 0 atom stereocenters. The molecule has 0 aliphatic heterocycles. The minimum atomic E-state index is 0.154. The highest BCUT2D eigenvalue weighted by molar-refractivity contribution is 7.80. The van der Waals surface area contributed by atoms with Crippen molar-refractivity contribution in [3.8, 4) is 5.75 Å².